The summed E-state index contributed by atoms with van der Waals surface area (Å²) in [4.78, 5) is 0. The van der Waals surface area contributed by atoms with Crippen molar-refractivity contribution in [2.75, 3.05) is 0 Å². The van der Waals surface area contributed by atoms with Gasteiger partial charge in [-0.25, -0.2) is 0 Å². The molecule has 12 heavy (non-hydrogen) atoms. The third kappa shape index (κ3) is 2.20. The maximum absolute atomic E-state index is 9.09. The molecule has 0 atom stereocenters. The van der Waals surface area contributed by atoms with Crippen LogP contribution in [0.3, 0.4) is 0 Å². The summed E-state index contributed by atoms with van der Waals surface area (Å²) in [5.41, 5.74) is 2.30. The van der Waals surface area contributed by atoms with Gasteiger partial charge in [0.15, 0.2) is 0 Å². The van der Waals surface area contributed by atoms with Crippen LogP contribution in [0, 0.1) is 3.57 Å². The average Bonchev–Trinajstić information content (AvgIpc) is 2.03. The van der Waals surface area contributed by atoms with Crippen LogP contribution in [0.2, 0.25) is 0 Å². The van der Waals surface area contributed by atoms with Gasteiger partial charge in [-0.05, 0) is 51.8 Å². The molecule has 1 nitrogen and oxygen atoms in total. The van der Waals surface area contributed by atoms with Crippen molar-refractivity contribution in [1.29, 1.82) is 0 Å². The molecule has 0 saturated carbocycles. The molecule has 0 radical (unpaired) electrons. The Labute approximate surface area is 86.9 Å². The lowest BCUT2D eigenvalue weighted by Crippen LogP contribution is -1.96. The Morgan fingerprint density at radius 3 is 2.58 bits per heavy atom. The van der Waals surface area contributed by atoms with Crippen molar-refractivity contribution in [3.05, 3.63) is 32.9 Å². The molecule has 1 aromatic carbocycles. The van der Waals surface area contributed by atoms with Crippen LogP contribution in [0.5, 0.6) is 0 Å². The van der Waals surface area contributed by atoms with Crippen molar-refractivity contribution in [2.24, 2.45) is 0 Å². The zero-order chi connectivity index (χ0) is 9.14. The first-order valence-electron chi connectivity index (χ1n) is 4.04. The molecule has 0 spiro atoms. The second-order valence-corrected chi connectivity index (χ2v) is 4.40. The number of hydrogen-bond donors (Lipinski definition) is 1. The van der Waals surface area contributed by atoms with Gasteiger partial charge in [-0.2, -0.15) is 0 Å². The third-order valence-corrected chi connectivity index (χ3v) is 2.57. The fourth-order valence-corrected chi connectivity index (χ4v) is 1.83. The molecule has 0 aliphatic carbocycles. The molecule has 1 aromatic rings. The first-order chi connectivity index (χ1) is 5.65. The van der Waals surface area contributed by atoms with Gasteiger partial charge in [-0.1, -0.05) is 19.9 Å². The van der Waals surface area contributed by atoms with E-state index in [1.165, 1.54) is 9.13 Å². The van der Waals surface area contributed by atoms with Gasteiger partial charge < -0.3 is 5.11 Å². The predicted octanol–water partition coefficient (Wildman–Crippen LogP) is 2.91. The summed E-state index contributed by atoms with van der Waals surface area (Å²) >= 11 is 2.26. The van der Waals surface area contributed by atoms with Gasteiger partial charge in [0.05, 0.1) is 6.61 Å². The van der Waals surface area contributed by atoms with E-state index < -0.39 is 0 Å². The van der Waals surface area contributed by atoms with Gasteiger partial charge in [0.25, 0.3) is 0 Å². The van der Waals surface area contributed by atoms with Crippen molar-refractivity contribution in [2.45, 2.75) is 26.4 Å². The Balaban J connectivity index is 3.11. The topological polar surface area (TPSA) is 20.2 Å². The Morgan fingerprint density at radius 1 is 1.42 bits per heavy atom. The second-order valence-electron chi connectivity index (χ2n) is 3.16. The zero-order valence-corrected chi connectivity index (χ0v) is 9.50. The molecular weight excluding hydrogens is 263 g/mol. The number of aliphatic hydroxyl groups is 1. The molecule has 0 fully saturated rings. The van der Waals surface area contributed by atoms with E-state index in [0.29, 0.717) is 5.92 Å². The minimum atomic E-state index is 0.143. The van der Waals surface area contributed by atoms with E-state index in [0.717, 1.165) is 5.56 Å². The minimum Gasteiger partial charge on any atom is -0.392 e. The molecule has 0 unspecified atom stereocenters. The molecule has 0 heterocycles. The lowest BCUT2D eigenvalue weighted by Gasteiger charge is -2.10. The van der Waals surface area contributed by atoms with E-state index in [2.05, 4.69) is 48.6 Å². The van der Waals surface area contributed by atoms with Crippen LogP contribution in [-0.4, -0.2) is 5.11 Å². The maximum Gasteiger partial charge on any atom is 0.0684 e. The molecular formula is C10H13IO. The third-order valence-electron chi connectivity index (χ3n) is 1.90. The lowest BCUT2D eigenvalue weighted by atomic mass is 9.98. The first-order valence-corrected chi connectivity index (χ1v) is 5.12. The highest BCUT2D eigenvalue weighted by Gasteiger charge is 2.05. The lowest BCUT2D eigenvalue weighted by molar-refractivity contribution is 0.280. The molecule has 0 bridgehead atoms. The summed E-state index contributed by atoms with van der Waals surface area (Å²) in [6, 6.07) is 6.21. The number of benzene rings is 1. The molecule has 0 amide bonds. The van der Waals surface area contributed by atoms with Crippen molar-refractivity contribution in [3.8, 4) is 0 Å². The quantitative estimate of drug-likeness (QED) is 0.823. The molecule has 66 valence electrons. The Morgan fingerprint density at radius 2 is 2.08 bits per heavy atom. The zero-order valence-electron chi connectivity index (χ0n) is 7.34. The Kier molecular flexibility index (Phi) is 3.53. The van der Waals surface area contributed by atoms with E-state index in [1.54, 1.807) is 0 Å². The van der Waals surface area contributed by atoms with Crippen LogP contribution in [0.1, 0.15) is 30.9 Å². The van der Waals surface area contributed by atoms with E-state index in [-0.39, 0.29) is 6.61 Å². The van der Waals surface area contributed by atoms with Crippen molar-refractivity contribution in [3.63, 3.8) is 0 Å². The fraction of sp³-hybridized carbons (Fsp3) is 0.400. The van der Waals surface area contributed by atoms with Crippen molar-refractivity contribution in [1.82, 2.24) is 0 Å². The highest BCUT2D eigenvalue weighted by Crippen LogP contribution is 2.21. The van der Waals surface area contributed by atoms with E-state index in [1.807, 2.05) is 6.07 Å². The van der Waals surface area contributed by atoms with Crippen LogP contribution in [0.15, 0.2) is 18.2 Å². The normalized spacial score (nSPS) is 10.8. The molecule has 1 N–H and O–H groups in total. The van der Waals surface area contributed by atoms with Crippen molar-refractivity contribution >= 4 is 22.6 Å². The maximum atomic E-state index is 9.09. The van der Waals surface area contributed by atoms with Crippen LogP contribution < -0.4 is 0 Å². The van der Waals surface area contributed by atoms with E-state index in [9.17, 15) is 0 Å². The fourth-order valence-electron chi connectivity index (χ4n) is 1.27. The van der Waals surface area contributed by atoms with Crippen LogP contribution in [0.25, 0.3) is 0 Å². The first kappa shape index (κ1) is 9.99. The summed E-state index contributed by atoms with van der Waals surface area (Å²) < 4.78 is 1.18. The van der Waals surface area contributed by atoms with Gasteiger partial charge in [-0.3, -0.25) is 0 Å². The summed E-state index contributed by atoms with van der Waals surface area (Å²) in [5.74, 6) is 0.490. The molecule has 0 saturated heterocycles. The standard InChI is InChI=1S/C10H13IO/c1-7(2)10-4-3-9(11)5-8(10)6-12/h3-5,7,12H,6H2,1-2H3. The average molecular weight is 276 g/mol. The van der Waals surface area contributed by atoms with E-state index >= 15 is 0 Å². The van der Waals surface area contributed by atoms with Crippen LogP contribution >= 0.6 is 22.6 Å². The highest BCUT2D eigenvalue weighted by atomic mass is 127. The largest absolute Gasteiger partial charge is 0.392 e. The van der Waals surface area contributed by atoms with Crippen molar-refractivity contribution < 1.29 is 5.11 Å². The van der Waals surface area contributed by atoms with Crippen LogP contribution in [-0.2, 0) is 6.61 Å². The van der Waals surface area contributed by atoms with Gasteiger partial charge >= 0.3 is 0 Å². The summed E-state index contributed by atoms with van der Waals surface area (Å²) in [7, 11) is 0. The van der Waals surface area contributed by atoms with Gasteiger partial charge in [0, 0.05) is 3.57 Å². The summed E-state index contributed by atoms with van der Waals surface area (Å²) in [6.45, 7) is 4.42. The molecule has 0 aliphatic rings. The Bertz CT molecular complexity index is 269. The molecule has 2 heteroatoms. The van der Waals surface area contributed by atoms with Gasteiger partial charge in [0.1, 0.15) is 0 Å². The Hall–Kier alpha value is -0.0900. The molecule has 0 aromatic heterocycles. The number of halogens is 1. The highest BCUT2D eigenvalue weighted by molar-refractivity contribution is 14.1. The van der Waals surface area contributed by atoms with Gasteiger partial charge in [-0.15, -0.1) is 0 Å². The smallest absolute Gasteiger partial charge is 0.0684 e. The van der Waals surface area contributed by atoms with Crippen LogP contribution in [0.4, 0.5) is 0 Å². The molecule has 1 rings (SSSR count). The summed E-state index contributed by atoms with van der Waals surface area (Å²) in [6.07, 6.45) is 0. The SMILES string of the molecule is CC(C)c1ccc(I)cc1CO. The second kappa shape index (κ2) is 4.23. The minimum absolute atomic E-state index is 0.143. The summed E-state index contributed by atoms with van der Waals surface area (Å²) in [5, 5.41) is 9.09. The number of aliphatic hydroxyl groups excluding tert-OH is 1. The monoisotopic (exact) mass is 276 g/mol. The van der Waals surface area contributed by atoms with Gasteiger partial charge in [0.2, 0.25) is 0 Å². The number of hydrogen-bond acceptors (Lipinski definition) is 1. The van der Waals surface area contributed by atoms with E-state index in [4.69, 9.17) is 5.11 Å². The molecule has 0 aliphatic heterocycles. The number of rotatable bonds is 2. The predicted molar refractivity (Wildman–Crippen MR) is 59.2 cm³/mol.